The van der Waals surface area contributed by atoms with Gasteiger partial charge in [0, 0.05) is 11.8 Å². The lowest BCUT2D eigenvalue weighted by Crippen LogP contribution is -2.27. The second kappa shape index (κ2) is 5.93. The molecule has 0 saturated carbocycles. The van der Waals surface area contributed by atoms with Crippen molar-refractivity contribution in [2.45, 2.75) is 19.4 Å². The van der Waals surface area contributed by atoms with Gasteiger partial charge in [-0.25, -0.2) is 0 Å². The summed E-state index contributed by atoms with van der Waals surface area (Å²) in [5.74, 6) is -0.0691. The maximum Gasteiger partial charge on any atom is 0.251 e. The van der Waals surface area contributed by atoms with Crippen molar-refractivity contribution in [2.24, 2.45) is 0 Å². The van der Waals surface area contributed by atoms with E-state index in [4.69, 9.17) is 0 Å². The summed E-state index contributed by atoms with van der Waals surface area (Å²) in [4.78, 5) is 16.9. The third-order valence-electron chi connectivity index (χ3n) is 4.54. The molecule has 1 aromatic heterocycles. The van der Waals surface area contributed by atoms with Gasteiger partial charge in [-0.2, -0.15) is 0 Å². The van der Waals surface area contributed by atoms with Crippen LogP contribution in [0.25, 0.3) is 11.1 Å². The summed E-state index contributed by atoms with van der Waals surface area (Å²) in [5.41, 5.74) is 6.56. The number of benzene rings is 2. The minimum atomic E-state index is -0.126. The Balaban J connectivity index is 1.59. The molecule has 0 fully saturated rings. The van der Waals surface area contributed by atoms with E-state index in [-0.39, 0.29) is 11.9 Å². The van der Waals surface area contributed by atoms with E-state index in [9.17, 15) is 4.79 Å². The lowest BCUT2D eigenvalue weighted by Gasteiger charge is -2.14. The van der Waals surface area contributed by atoms with Gasteiger partial charge in [0.25, 0.3) is 5.91 Å². The molecular weight excluding hydrogens is 296 g/mol. The number of amides is 1. The molecule has 1 atom stereocenters. The highest BCUT2D eigenvalue weighted by Gasteiger charge is 2.20. The Morgan fingerprint density at radius 1 is 1.00 bits per heavy atom. The van der Waals surface area contributed by atoms with Crippen LogP contribution in [0.15, 0.2) is 66.9 Å². The first-order chi connectivity index (χ1) is 11.7. The monoisotopic (exact) mass is 314 g/mol. The zero-order chi connectivity index (χ0) is 16.5. The fourth-order valence-corrected chi connectivity index (χ4v) is 3.25. The molecule has 0 spiro atoms. The van der Waals surface area contributed by atoms with E-state index < -0.39 is 0 Å². The predicted octanol–water partition coefficient (Wildman–Crippen LogP) is 4.14. The number of nitrogens with zero attached hydrogens (tertiary/aromatic N) is 1. The van der Waals surface area contributed by atoms with E-state index in [0.717, 1.165) is 12.1 Å². The molecule has 0 radical (unpaired) electrons. The van der Waals surface area contributed by atoms with Crippen LogP contribution in [-0.4, -0.2) is 10.9 Å². The van der Waals surface area contributed by atoms with Gasteiger partial charge in [-0.3, -0.25) is 9.78 Å². The van der Waals surface area contributed by atoms with Gasteiger partial charge < -0.3 is 5.32 Å². The molecule has 0 bridgehead atoms. The Kier molecular flexibility index (Phi) is 3.62. The molecule has 0 unspecified atom stereocenters. The van der Waals surface area contributed by atoms with E-state index in [2.05, 4.69) is 34.6 Å². The van der Waals surface area contributed by atoms with Crippen molar-refractivity contribution < 1.29 is 4.79 Å². The van der Waals surface area contributed by atoms with E-state index in [1.165, 1.54) is 22.3 Å². The van der Waals surface area contributed by atoms with E-state index in [0.29, 0.717) is 5.56 Å². The molecule has 3 aromatic rings. The van der Waals surface area contributed by atoms with E-state index >= 15 is 0 Å². The molecule has 2 aromatic carbocycles. The summed E-state index contributed by atoms with van der Waals surface area (Å²) in [6, 6.07) is 20.0. The lowest BCUT2D eigenvalue weighted by atomic mass is 10.0. The van der Waals surface area contributed by atoms with Crippen LogP contribution in [0.2, 0.25) is 0 Å². The molecule has 3 nitrogen and oxygen atoms in total. The second-order valence-corrected chi connectivity index (χ2v) is 6.16. The van der Waals surface area contributed by atoms with Gasteiger partial charge in [0.05, 0.1) is 11.7 Å². The molecule has 1 heterocycles. The van der Waals surface area contributed by atoms with Crippen LogP contribution in [0, 0.1) is 0 Å². The number of pyridine rings is 1. The van der Waals surface area contributed by atoms with Gasteiger partial charge in [0.15, 0.2) is 0 Å². The largest absolute Gasteiger partial charge is 0.344 e. The molecule has 1 N–H and O–H groups in total. The van der Waals surface area contributed by atoms with Crippen molar-refractivity contribution in [3.8, 4) is 11.1 Å². The molecule has 1 aliphatic carbocycles. The van der Waals surface area contributed by atoms with E-state index in [1.54, 1.807) is 6.20 Å². The van der Waals surface area contributed by atoms with Crippen molar-refractivity contribution in [2.75, 3.05) is 0 Å². The van der Waals surface area contributed by atoms with Gasteiger partial charge in [0.1, 0.15) is 0 Å². The Morgan fingerprint density at radius 2 is 1.79 bits per heavy atom. The maximum atomic E-state index is 12.6. The molecule has 1 aliphatic rings. The number of hydrogen-bond acceptors (Lipinski definition) is 2. The fourth-order valence-electron chi connectivity index (χ4n) is 3.25. The highest BCUT2D eigenvalue weighted by molar-refractivity contribution is 5.96. The minimum absolute atomic E-state index is 0.0691. The van der Waals surface area contributed by atoms with Crippen molar-refractivity contribution in [1.29, 1.82) is 0 Å². The predicted molar refractivity (Wildman–Crippen MR) is 94.8 cm³/mol. The molecule has 1 amide bonds. The van der Waals surface area contributed by atoms with Gasteiger partial charge >= 0.3 is 0 Å². The number of nitrogens with one attached hydrogen (secondary N) is 1. The smallest absolute Gasteiger partial charge is 0.251 e. The number of rotatable bonds is 3. The topological polar surface area (TPSA) is 42.0 Å². The van der Waals surface area contributed by atoms with Crippen LogP contribution in [0.4, 0.5) is 0 Å². The number of carbonyl (C=O) groups excluding carboxylic acids is 1. The summed E-state index contributed by atoms with van der Waals surface area (Å²) in [7, 11) is 0. The van der Waals surface area contributed by atoms with Crippen LogP contribution in [0.3, 0.4) is 0 Å². The zero-order valence-electron chi connectivity index (χ0n) is 13.5. The van der Waals surface area contributed by atoms with Gasteiger partial charge in [-0.15, -0.1) is 0 Å². The van der Waals surface area contributed by atoms with Crippen LogP contribution in [-0.2, 0) is 6.42 Å². The highest BCUT2D eigenvalue weighted by Crippen LogP contribution is 2.36. The van der Waals surface area contributed by atoms with Crippen molar-refractivity contribution in [1.82, 2.24) is 10.3 Å². The van der Waals surface area contributed by atoms with Crippen molar-refractivity contribution >= 4 is 5.91 Å². The molecule has 24 heavy (non-hydrogen) atoms. The first kappa shape index (κ1) is 14.6. The lowest BCUT2D eigenvalue weighted by molar-refractivity contribution is 0.0939. The maximum absolute atomic E-state index is 12.6. The summed E-state index contributed by atoms with van der Waals surface area (Å²) in [6.45, 7) is 1.95. The summed E-state index contributed by atoms with van der Waals surface area (Å²) < 4.78 is 0. The first-order valence-corrected chi connectivity index (χ1v) is 8.15. The standard InChI is InChI=1S/C21H18N2O/c1-14(20-8-4-5-11-22-20)23-21(24)17-10-9-16-12-15-6-2-3-7-18(15)19(16)13-17/h2-11,13-14H,12H2,1H3,(H,23,24)/t14-/m1/s1. The molecule has 118 valence electrons. The SMILES string of the molecule is C[C@@H](NC(=O)c1ccc2c(c1)-c1ccccc1C2)c1ccccn1. The third-order valence-corrected chi connectivity index (χ3v) is 4.54. The average Bonchev–Trinajstić information content (AvgIpc) is 3.00. The van der Waals surface area contributed by atoms with Crippen LogP contribution in [0.5, 0.6) is 0 Å². The van der Waals surface area contributed by atoms with Gasteiger partial charge in [0.2, 0.25) is 0 Å². The molecule has 3 heteroatoms. The number of aromatic nitrogens is 1. The van der Waals surface area contributed by atoms with Crippen LogP contribution < -0.4 is 5.32 Å². The minimum Gasteiger partial charge on any atom is -0.344 e. The normalized spacial score (nSPS) is 13.0. The highest BCUT2D eigenvalue weighted by atomic mass is 16.1. The quantitative estimate of drug-likeness (QED) is 0.617. The van der Waals surface area contributed by atoms with Gasteiger partial charge in [-0.05, 0) is 59.9 Å². The molecule has 4 rings (SSSR count). The zero-order valence-corrected chi connectivity index (χ0v) is 13.5. The Hall–Kier alpha value is -2.94. The Bertz CT molecular complexity index is 903. The van der Waals surface area contributed by atoms with Crippen molar-refractivity contribution in [3.63, 3.8) is 0 Å². The number of hydrogen-bond donors (Lipinski definition) is 1. The molecular formula is C21H18N2O. The molecule has 0 saturated heterocycles. The Morgan fingerprint density at radius 3 is 2.62 bits per heavy atom. The van der Waals surface area contributed by atoms with Gasteiger partial charge in [-0.1, -0.05) is 36.4 Å². The summed E-state index contributed by atoms with van der Waals surface area (Å²) in [6.07, 6.45) is 2.68. The van der Waals surface area contributed by atoms with Crippen molar-refractivity contribution in [3.05, 3.63) is 89.2 Å². The average molecular weight is 314 g/mol. The Labute approximate surface area is 141 Å². The fraction of sp³-hybridized carbons (Fsp3) is 0.143. The summed E-state index contributed by atoms with van der Waals surface area (Å²) >= 11 is 0. The third kappa shape index (κ3) is 2.58. The number of carbonyl (C=O) groups is 1. The number of fused-ring (bicyclic) bond motifs is 3. The van der Waals surface area contributed by atoms with E-state index in [1.807, 2.05) is 43.3 Å². The van der Waals surface area contributed by atoms with Crippen LogP contribution in [0.1, 0.15) is 40.1 Å². The second-order valence-electron chi connectivity index (χ2n) is 6.16. The summed E-state index contributed by atoms with van der Waals surface area (Å²) in [5, 5.41) is 3.03. The van der Waals surface area contributed by atoms with Crippen LogP contribution >= 0.6 is 0 Å². The molecule has 0 aliphatic heterocycles. The first-order valence-electron chi connectivity index (χ1n) is 8.15.